The number of rotatable bonds is 11. The van der Waals surface area contributed by atoms with Crippen LogP contribution >= 0.6 is 0 Å². The normalized spacial score (nSPS) is 12.2. The number of halogens is 2. The zero-order chi connectivity index (χ0) is 24.7. The molecule has 10 heteroatoms. The highest BCUT2D eigenvalue weighted by Gasteiger charge is 2.27. The molecule has 34 heavy (non-hydrogen) atoms. The fraction of sp³-hybridized carbons (Fsp3) is 0.375. The molecular formula is C24H26F2N6O2. The first-order valence-electron chi connectivity index (χ1n) is 10.9. The van der Waals surface area contributed by atoms with E-state index in [1.54, 1.807) is 13.0 Å². The van der Waals surface area contributed by atoms with E-state index in [-0.39, 0.29) is 31.0 Å². The third-order valence-electron chi connectivity index (χ3n) is 5.55. The maximum absolute atomic E-state index is 14.0. The number of nitrogens with one attached hydrogen (secondary N) is 2. The number of nitrogens with zero attached hydrogens (tertiary/aromatic N) is 4. The van der Waals surface area contributed by atoms with E-state index in [0.29, 0.717) is 30.0 Å². The lowest BCUT2D eigenvalue weighted by molar-refractivity contribution is -0.130. The predicted molar refractivity (Wildman–Crippen MR) is 125 cm³/mol. The largest absolute Gasteiger partial charge is 0.348 e. The molecule has 0 saturated carbocycles. The molecule has 0 radical (unpaired) electrons. The van der Waals surface area contributed by atoms with Crippen molar-refractivity contribution in [1.29, 1.82) is 5.26 Å². The zero-order valence-electron chi connectivity index (χ0n) is 19.0. The number of imidazole rings is 1. The van der Waals surface area contributed by atoms with Crippen LogP contribution in [0, 0.1) is 16.2 Å². The van der Waals surface area contributed by atoms with Crippen LogP contribution in [0.4, 0.5) is 14.7 Å². The molecule has 178 valence electrons. The molecule has 3 aromatic rings. The molecule has 2 aromatic carbocycles. The Labute approximate surface area is 196 Å². The van der Waals surface area contributed by atoms with Gasteiger partial charge in [0.2, 0.25) is 11.9 Å². The first-order chi connectivity index (χ1) is 16.3. The van der Waals surface area contributed by atoms with Gasteiger partial charge in [-0.2, -0.15) is 10.2 Å². The Morgan fingerprint density at radius 2 is 2.09 bits per heavy atom. The lowest BCUT2D eigenvalue weighted by atomic mass is 9.98. The molecule has 1 amide bonds. The summed E-state index contributed by atoms with van der Waals surface area (Å²) in [7, 11) is 0. The number of alkyl halides is 2. The molecule has 2 N–H and O–H groups in total. The molecule has 0 spiro atoms. The third kappa shape index (κ3) is 5.92. The Morgan fingerprint density at radius 1 is 1.32 bits per heavy atom. The number of carbonyl (C=O) groups is 1. The molecule has 0 aliphatic carbocycles. The third-order valence-corrected chi connectivity index (χ3v) is 5.55. The number of amides is 1. The fourth-order valence-corrected chi connectivity index (χ4v) is 3.74. The number of para-hydroxylation sites is 1. The second-order valence-electron chi connectivity index (χ2n) is 7.98. The number of fused-ring (bicyclic) bond motifs is 1. The quantitative estimate of drug-likeness (QED) is 0.307. The Kier molecular flexibility index (Phi) is 7.89. The summed E-state index contributed by atoms with van der Waals surface area (Å²) in [5, 5.41) is 15.1. The fourth-order valence-electron chi connectivity index (χ4n) is 3.74. The van der Waals surface area contributed by atoms with Gasteiger partial charge in [0.15, 0.2) is 0 Å². The smallest absolute Gasteiger partial charge is 0.270 e. The summed E-state index contributed by atoms with van der Waals surface area (Å²) < 4.78 is 28.0. The number of hydrogen-bond donors (Lipinski definition) is 2. The Bertz CT molecular complexity index is 1200. The maximum atomic E-state index is 14.0. The predicted octanol–water partition coefficient (Wildman–Crippen LogP) is 4.90. The summed E-state index contributed by atoms with van der Waals surface area (Å²) in [4.78, 5) is 32.5. The number of anilines is 1. The minimum Gasteiger partial charge on any atom is -0.348 e. The van der Waals surface area contributed by atoms with E-state index < -0.39 is 12.0 Å². The van der Waals surface area contributed by atoms with Crippen LogP contribution in [0.1, 0.15) is 43.0 Å². The molecule has 1 atom stereocenters. The SMILES string of the molecule is CCN(CC#N)C(=O)CC(Nc1nc2c(CCN=O)cccc2[nH]1)c1cccc(C(C)(F)F)c1. The van der Waals surface area contributed by atoms with Crippen LogP contribution in [0.5, 0.6) is 0 Å². The summed E-state index contributed by atoms with van der Waals surface area (Å²) >= 11 is 0. The summed E-state index contributed by atoms with van der Waals surface area (Å²) in [6.45, 7) is 3.00. The van der Waals surface area contributed by atoms with Gasteiger partial charge in [0, 0.05) is 19.0 Å². The highest BCUT2D eigenvalue weighted by atomic mass is 19.3. The van der Waals surface area contributed by atoms with Gasteiger partial charge in [-0.05, 0) is 36.6 Å². The van der Waals surface area contributed by atoms with Crippen LogP contribution in [-0.4, -0.2) is 40.4 Å². The highest BCUT2D eigenvalue weighted by Crippen LogP contribution is 2.31. The van der Waals surface area contributed by atoms with Gasteiger partial charge in [0.25, 0.3) is 5.92 Å². The minimum absolute atomic E-state index is 0.0616. The van der Waals surface area contributed by atoms with Crippen LogP contribution in [0.25, 0.3) is 11.0 Å². The van der Waals surface area contributed by atoms with Crippen molar-refractivity contribution < 1.29 is 13.6 Å². The van der Waals surface area contributed by atoms with Crippen LogP contribution in [-0.2, 0) is 17.1 Å². The van der Waals surface area contributed by atoms with Crippen molar-refractivity contribution in [3.63, 3.8) is 0 Å². The van der Waals surface area contributed by atoms with Crippen molar-refractivity contribution in [2.24, 2.45) is 5.18 Å². The van der Waals surface area contributed by atoms with Crippen molar-refractivity contribution >= 4 is 22.9 Å². The van der Waals surface area contributed by atoms with Crippen molar-refractivity contribution in [3.8, 4) is 6.07 Å². The number of carbonyl (C=O) groups excluding carboxylic acids is 1. The van der Waals surface area contributed by atoms with Crippen LogP contribution in [0.15, 0.2) is 47.6 Å². The molecule has 0 aliphatic rings. The van der Waals surface area contributed by atoms with Crippen molar-refractivity contribution in [1.82, 2.24) is 14.9 Å². The number of H-pyrrole nitrogens is 1. The van der Waals surface area contributed by atoms with Gasteiger partial charge >= 0.3 is 0 Å². The average Bonchev–Trinajstić information content (AvgIpc) is 3.23. The van der Waals surface area contributed by atoms with E-state index in [1.165, 1.54) is 23.1 Å². The second kappa shape index (κ2) is 10.8. The summed E-state index contributed by atoms with van der Waals surface area (Å²) in [5.41, 5.74) is 2.55. The summed E-state index contributed by atoms with van der Waals surface area (Å²) in [6.07, 6.45) is 0.369. The molecule has 0 fully saturated rings. The van der Waals surface area contributed by atoms with Crippen LogP contribution < -0.4 is 5.32 Å². The lowest BCUT2D eigenvalue weighted by Gasteiger charge is -2.24. The zero-order valence-corrected chi connectivity index (χ0v) is 19.0. The molecule has 3 rings (SSSR count). The first-order valence-corrected chi connectivity index (χ1v) is 10.9. The van der Waals surface area contributed by atoms with E-state index in [2.05, 4.69) is 20.5 Å². The lowest BCUT2D eigenvalue weighted by Crippen LogP contribution is -2.33. The number of nitriles is 1. The van der Waals surface area contributed by atoms with E-state index in [1.807, 2.05) is 24.3 Å². The van der Waals surface area contributed by atoms with Crippen LogP contribution in [0.3, 0.4) is 0 Å². The van der Waals surface area contributed by atoms with Crippen molar-refractivity contribution in [2.45, 2.75) is 38.7 Å². The number of benzene rings is 2. The van der Waals surface area contributed by atoms with E-state index in [4.69, 9.17) is 5.26 Å². The van der Waals surface area contributed by atoms with Crippen LogP contribution in [0.2, 0.25) is 0 Å². The van der Waals surface area contributed by atoms with Gasteiger partial charge in [-0.3, -0.25) is 4.79 Å². The standard InChI is InChI=1S/C24H26F2N6O2/c1-3-32(13-11-27)21(33)15-20(17-7-4-8-18(14-17)24(2,25)26)30-23-29-19-9-5-6-16(10-12-28-34)22(19)31-23/h4-9,14,20H,3,10,12-13,15H2,1-2H3,(H2,29,30,31). The Balaban J connectivity index is 1.96. The monoisotopic (exact) mass is 468 g/mol. The maximum Gasteiger partial charge on any atom is 0.270 e. The molecule has 1 heterocycles. The topological polar surface area (TPSA) is 114 Å². The molecule has 1 aromatic heterocycles. The van der Waals surface area contributed by atoms with Gasteiger partial charge in [0.05, 0.1) is 36.1 Å². The number of hydrogen-bond acceptors (Lipinski definition) is 6. The van der Waals surface area contributed by atoms with Crippen molar-refractivity contribution in [2.75, 3.05) is 25.0 Å². The Hall–Kier alpha value is -3.87. The van der Waals surface area contributed by atoms with Gasteiger partial charge in [-0.1, -0.05) is 35.5 Å². The number of aromatic nitrogens is 2. The first kappa shape index (κ1) is 24.8. The van der Waals surface area contributed by atoms with Gasteiger partial charge in [0.1, 0.15) is 6.54 Å². The average molecular weight is 469 g/mol. The molecule has 0 aliphatic heterocycles. The van der Waals surface area contributed by atoms with Gasteiger partial charge < -0.3 is 15.2 Å². The minimum atomic E-state index is -3.04. The highest BCUT2D eigenvalue weighted by molar-refractivity contribution is 5.81. The molecule has 8 nitrogen and oxygen atoms in total. The summed E-state index contributed by atoms with van der Waals surface area (Å²) in [5.74, 6) is -2.97. The van der Waals surface area contributed by atoms with E-state index in [9.17, 15) is 18.5 Å². The van der Waals surface area contributed by atoms with Gasteiger partial charge in [-0.15, -0.1) is 0 Å². The number of aromatic amines is 1. The number of nitroso groups, excluding NO2 is 1. The second-order valence-corrected chi connectivity index (χ2v) is 7.98. The molecule has 1 unspecified atom stereocenters. The Morgan fingerprint density at radius 3 is 2.76 bits per heavy atom. The molecule has 0 bridgehead atoms. The van der Waals surface area contributed by atoms with E-state index >= 15 is 0 Å². The van der Waals surface area contributed by atoms with Gasteiger partial charge in [-0.25, -0.2) is 13.8 Å². The molecule has 0 saturated heterocycles. The summed E-state index contributed by atoms with van der Waals surface area (Å²) in [6, 6.07) is 12.7. The molecular weight excluding hydrogens is 442 g/mol. The van der Waals surface area contributed by atoms with Crippen molar-refractivity contribution in [3.05, 3.63) is 64.1 Å². The van der Waals surface area contributed by atoms with E-state index in [0.717, 1.165) is 18.0 Å².